The molecule has 1 saturated heterocycles. The molecule has 4 heteroatoms. The first kappa shape index (κ1) is 12.2. The average molecular weight is 258 g/mol. The van der Waals surface area contributed by atoms with Gasteiger partial charge in [0.05, 0.1) is 17.2 Å². The summed E-state index contributed by atoms with van der Waals surface area (Å²) in [6.45, 7) is 5.15. The van der Waals surface area contributed by atoms with Crippen LogP contribution in [0.25, 0.3) is 10.9 Å². The average Bonchev–Trinajstić information content (AvgIpc) is 2.94. The van der Waals surface area contributed by atoms with Gasteiger partial charge < -0.3 is 15.0 Å². The maximum Gasteiger partial charge on any atom is 0.256 e. The number of carbonyl (C=O) groups is 1. The summed E-state index contributed by atoms with van der Waals surface area (Å²) in [5.41, 5.74) is 3.88. The number of H-pyrrole nitrogens is 1. The number of β-amino-alcohol motifs (C(OH)–C–C–N with tert-alkyl or cyclic N) is 1. The number of aliphatic hydroxyl groups excluding tert-OH is 1. The molecule has 1 aliphatic rings. The van der Waals surface area contributed by atoms with Crippen LogP contribution in [-0.4, -0.2) is 40.1 Å². The quantitative estimate of drug-likeness (QED) is 0.822. The number of likely N-dealkylation sites (tertiary alicyclic amines) is 1. The van der Waals surface area contributed by atoms with Crippen LogP contribution in [0.3, 0.4) is 0 Å². The number of aliphatic hydroxyl groups is 1. The molecule has 1 atom stereocenters. The fraction of sp³-hybridized carbons (Fsp3) is 0.400. The third kappa shape index (κ3) is 1.92. The van der Waals surface area contributed by atoms with Crippen molar-refractivity contribution < 1.29 is 9.90 Å². The number of nitrogens with zero attached hydrogens (tertiary/aromatic N) is 1. The van der Waals surface area contributed by atoms with E-state index in [0.29, 0.717) is 25.1 Å². The van der Waals surface area contributed by atoms with Crippen molar-refractivity contribution in [2.45, 2.75) is 26.4 Å². The van der Waals surface area contributed by atoms with Gasteiger partial charge in [0.1, 0.15) is 0 Å². The van der Waals surface area contributed by atoms with Gasteiger partial charge in [-0.15, -0.1) is 0 Å². The number of carbonyl (C=O) groups excluding carboxylic acids is 1. The minimum absolute atomic E-state index is 0.00315. The third-order valence-corrected chi connectivity index (χ3v) is 4.02. The molecule has 1 fully saturated rings. The zero-order chi connectivity index (χ0) is 13.6. The second kappa shape index (κ2) is 4.38. The highest BCUT2D eigenvalue weighted by atomic mass is 16.3. The Morgan fingerprint density at radius 1 is 1.42 bits per heavy atom. The highest BCUT2D eigenvalue weighted by Gasteiger charge is 2.26. The maximum absolute atomic E-state index is 12.5. The Balaban J connectivity index is 2.05. The Kier molecular flexibility index (Phi) is 2.82. The predicted molar refractivity (Wildman–Crippen MR) is 74.3 cm³/mol. The van der Waals surface area contributed by atoms with Crippen LogP contribution in [0.5, 0.6) is 0 Å². The number of aryl methyl sites for hydroxylation is 2. The number of nitrogens with one attached hydrogen (secondary N) is 1. The molecule has 2 heterocycles. The van der Waals surface area contributed by atoms with Crippen LogP contribution in [0.2, 0.25) is 0 Å². The van der Waals surface area contributed by atoms with E-state index in [1.54, 1.807) is 4.90 Å². The summed E-state index contributed by atoms with van der Waals surface area (Å²) in [4.78, 5) is 17.5. The molecule has 0 bridgehead atoms. The number of hydrogen-bond donors (Lipinski definition) is 2. The van der Waals surface area contributed by atoms with Crippen molar-refractivity contribution in [2.24, 2.45) is 0 Å². The van der Waals surface area contributed by atoms with Gasteiger partial charge in [-0.3, -0.25) is 4.79 Å². The molecule has 0 aliphatic carbocycles. The Labute approximate surface area is 112 Å². The van der Waals surface area contributed by atoms with Gasteiger partial charge in [-0.2, -0.15) is 0 Å². The standard InChI is InChI=1S/C15H18N2O2/c1-9-10(2)16-14-12(9)4-3-5-13(14)15(19)17-7-6-11(18)8-17/h3-5,11,16,18H,6-8H2,1-2H3/t11-/m1/s1. The highest BCUT2D eigenvalue weighted by molar-refractivity contribution is 6.06. The zero-order valence-corrected chi connectivity index (χ0v) is 11.2. The minimum Gasteiger partial charge on any atom is -0.391 e. The van der Waals surface area contributed by atoms with Crippen molar-refractivity contribution in [2.75, 3.05) is 13.1 Å². The van der Waals surface area contributed by atoms with Gasteiger partial charge in [0.25, 0.3) is 5.91 Å². The summed E-state index contributed by atoms with van der Waals surface area (Å²) in [5.74, 6) is 0.00315. The smallest absolute Gasteiger partial charge is 0.256 e. The van der Waals surface area contributed by atoms with Crippen LogP contribution >= 0.6 is 0 Å². The molecule has 2 aromatic rings. The monoisotopic (exact) mass is 258 g/mol. The van der Waals surface area contributed by atoms with Crippen LogP contribution in [0.1, 0.15) is 28.0 Å². The molecule has 1 aromatic heterocycles. The van der Waals surface area contributed by atoms with E-state index < -0.39 is 0 Å². The van der Waals surface area contributed by atoms with Crippen molar-refractivity contribution in [3.8, 4) is 0 Å². The van der Waals surface area contributed by atoms with E-state index in [1.807, 2.05) is 25.1 Å². The second-order valence-corrected chi connectivity index (χ2v) is 5.30. The normalized spacial score (nSPS) is 19.3. The van der Waals surface area contributed by atoms with Crippen LogP contribution in [0, 0.1) is 13.8 Å². The number of benzene rings is 1. The molecule has 100 valence electrons. The van der Waals surface area contributed by atoms with Gasteiger partial charge in [0, 0.05) is 24.2 Å². The third-order valence-electron chi connectivity index (χ3n) is 4.02. The summed E-state index contributed by atoms with van der Waals surface area (Å²) < 4.78 is 0. The molecular weight excluding hydrogens is 240 g/mol. The molecule has 0 saturated carbocycles. The molecule has 2 N–H and O–H groups in total. The lowest BCUT2D eigenvalue weighted by Gasteiger charge is -2.16. The summed E-state index contributed by atoms with van der Waals surface area (Å²) in [6.07, 6.45) is 0.292. The predicted octanol–water partition coefficient (Wildman–Crippen LogP) is 1.99. The number of fused-ring (bicyclic) bond motifs is 1. The number of para-hydroxylation sites is 1. The highest BCUT2D eigenvalue weighted by Crippen LogP contribution is 2.26. The summed E-state index contributed by atoms with van der Waals surface area (Å²) >= 11 is 0. The molecule has 1 aromatic carbocycles. The first-order chi connectivity index (χ1) is 9.08. The van der Waals surface area contributed by atoms with E-state index >= 15 is 0 Å². The molecule has 0 radical (unpaired) electrons. The Bertz CT molecular complexity index is 645. The lowest BCUT2D eigenvalue weighted by molar-refractivity contribution is 0.0766. The molecule has 3 rings (SSSR count). The number of aromatic nitrogens is 1. The number of aromatic amines is 1. The topological polar surface area (TPSA) is 56.3 Å². The SMILES string of the molecule is Cc1[nH]c2c(C(=O)N3CC[C@@H](O)C3)cccc2c1C. The van der Waals surface area contributed by atoms with Crippen molar-refractivity contribution in [1.29, 1.82) is 0 Å². The molecular formula is C15H18N2O2. The Morgan fingerprint density at radius 2 is 2.21 bits per heavy atom. The molecule has 0 unspecified atom stereocenters. The lowest BCUT2D eigenvalue weighted by atomic mass is 10.1. The molecule has 1 amide bonds. The largest absolute Gasteiger partial charge is 0.391 e. The second-order valence-electron chi connectivity index (χ2n) is 5.30. The van der Waals surface area contributed by atoms with Gasteiger partial charge in [-0.25, -0.2) is 0 Å². The molecule has 19 heavy (non-hydrogen) atoms. The van der Waals surface area contributed by atoms with Crippen LogP contribution < -0.4 is 0 Å². The van der Waals surface area contributed by atoms with Gasteiger partial charge in [-0.05, 0) is 31.9 Å². The lowest BCUT2D eigenvalue weighted by Crippen LogP contribution is -2.29. The van der Waals surface area contributed by atoms with Crippen LogP contribution in [0.4, 0.5) is 0 Å². The van der Waals surface area contributed by atoms with Gasteiger partial charge >= 0.3 is 0 Å². The molecule has 0 spiro atoms. The first-order valence-electron chi connectivity index (χ1n) is 6.63. The number of hydrogen-bond acceptors (Lipinski definition) is 2. The first-order valence-corrected chi connectivity index (χ1v) is 6.63. The summed E-state index contributed by atoms with van der Waals surface area (Å²) in [5, 5.41) is 10.7. The minimum atomic E-state index is -0.379. The molecule has 1 aliphatic heterocycles. The van der Waals surface area contributed by atoms with Crippen molar-refractivity contribution >= 4 is 16.8 Å². The van der Waals surface area contributed by atoms with E-state index in [0.717, 1.165) is 16.6 Å². The number of rotatable bonds is 1. The Morgan fingerprint density at radius 3 is 2.89 bits per heavy atom. The van der Waals surface area contributed by atoms with Crippen molar-refractivity contribution in [3.05, 3.63) is 35.0 Å². The van der Waals surface area contributed by atoms with E-state index in [1.165, 1.54) is 5.56 Å². The zero-order valence-electron chi connectivity index (χ0n) is 11.2. The summed E-state index contributed by atoms with van der Waals surface area (Å²) in [6, 6.07) is 5.80. The van der Waals surface area contributed by atoms with Crippen molar-refractivity contribution in [1.82, 2.24) is 9.88 Å². The van der Waals surface area contributed by atoms with Gasteiger partial charge in [-0.1, -0.05) is 12.1 Å². The van der Waals surface area contributed by atoms with Crippen molar-refractivity contribution in [3.63, 3.8) is 0 Å². The fourth-order valence-electron chi connectivity index (χ4n) is 2.76. The van der Waals surface area contributed by atoms with Gasteiger partial charge in [0.15, 0.2) is 0 Å². The maximum atomic E-state index is 12.5. The van der Waals surface area contributed by atoms with E-state index in [4.69, 9.17) is 0 Å². The van der Waals surface area contributed by atoms with E-state index in [2.05, 4.69) is 11.9 Å². The Hall–Kier alpha value is -1.81. The summed E-state index contributed by atoms with van der Waals surface area (Å²) in [7, 11) is 0. The van der Waals surface area contributed by atoms with Gasteiger partial charge in [0.2, 0.25) is 0 Å². The van der Waals surface area contributed by atoms with E-state index in [-0.39, 0.29) is 12.0 Å². The van der Waals surface area contributed by atoms with E-state index in [9.17, 15) is 9.90 Å². The van der Waals surface area contributed by atoms with Crippen LogP contribution in [0.15, 0.2) is 18.2 Å². The number of amides is 1. The van der Waals surface area contributed by atoms with Crippen LogP contribution in [-0.2, 0) is 0 Å². The fourth-order valence-corrected chi connectivity index (χ4v) is 2.76. The molecule has 4 nitrogen and oxygen atoms in total.